The Morgan fingerprint density at radius 1 is 0.795 bits per heavy atom. The summed E-state index contributed by atoms with van der Waals surface area (Å²) >= 11 is 0. The van der Waals surface area contributed by atoms with E-state index in [4.69, 9.17) is 23.5 Å². The lowest BCUT2D eigenvalue weighted by molar-refractivity contribution is 0.00578. The third kappa shape index (κ3) is 9.37. The van der Waals surface area contributed by atoms with E-state index in [9.17, 15) is 14.4 Å². The van der Waals surface area contributed by atoms with Crippen LogP contribution in [-0.2, 0) is 30.1 Å². The maximum atomic E-state index is 13.5. The molecule has 0 spiro atoms. The molecule has 1 heterocycles. The molecule has 240 valence electrons. The van der Waals surface area contributed by atoms with Gasteiger partial charge in [-0.15, -0.1) is 0 Å². The first-order valence-electron chi connectivity index (χ1n) is 14.7. The van der Waals surface area contributed by atoms with Crippen LogP contribution in [0.5, 0.6) is 0 Å². The van der Waals surface area contributed by atoms with Crippen LogP contribution in [0.2, 0.25) is 0 Å². The standard InChI is InChI=1S/C32H46BN3O8/c1-12-40-26(37)34-24-18-17-23(19-25(24)35-27(38)41-29(2,3)4)36(28(39)42-30(5,6)7)20-21-13-15-22(16-14-21)33-43-31(8,9)32(10,11)44-33/h13-19H,12,20H2,1-11H3,(H,34,37)(H,35,38). The van der Waals surface area contributed by atoms with Gasteiger partial charge in [-0.25, -0.2) is 14.4 Å². The van der Waals surface area contributed by atoms with Crippen LogP contribution in [0.3, 0.4) is 0 Å². The third-order valence-electron chi connectivity index (χ3n) is 6.92. The van der Waals surface area contributed by atoms with Crippen molar-refractivity contribution in [1.29, 1.82) is 0 Å². The van der Waals surface area contributed by atoms with Crippen LogP contribution in [0.4, 0.5) is 31.4 Å². The highest BCUT2D eigenvalue weighted by molar-refractivity contribution is 6.62. The highest BCUT2D eigenvalue weighted by Crippen LogP contribution is 2.36. The van der Waals surface area contributed by atoms with Gasteiger partial charge >= 0.3 is 25.4 Å². The molecule has 2 aromatic carbocycles. The number of hydrogen-bond acceptors (Lipinski definition) is 8. The number of nitrogens with zero attached hydrogens (tertiary/aromatic N) is 1. The maximum Gasteiger partial charge on any atom is 0.494 e. The fourth-order valence-electron chi connectivity index (χ4n) is 4.12. The predicted octanol–water partition coefficient (Wildman–Crippen LogP) is 6.84. The molecule has 1 saturated heterocycles. The summed E-state index contributed by atoms with van der Waals surface area (Å²) in [5, 5.41) is 5.29. The van der Waals surface area contributed by atoms with E-state index < -0.39 is 47.8 Å². The summed E-state index contributed by atoms with van der Waals surface area (Å²) in [5.41, 5.74) is 0.0791. The number of ether oxygens (including phenoxy) is 3. The van der Waals surface area contributed by atoms with Crippen LogP contribution in [0.1, 0.15) is 81.7 Å². The molecule has 0 atom stereocenters. The van der Waals surface area contributed by atoms with Gasteiger partial charge in [0.15, 0.2) is 0 Å². The largest absolute Gasteiger partial charge is 0.494 e. The van der Waals surface area contributed by atoms with Crippen molar-refractivity contribution in [3.05, 3.63) is 48.0 Å². The molecule has 2 aromatic rings. The summed E-state index contributed by atoms with van der Waals surface area (Å²) in [6.07, 6.45) is -2.02. The van der Waals surface area contributed by atoms with Gasteiger partial charge in [-0.2, -0.15) is 0 Å². The van der Waals surface area contributed by atoms with Crippen molar-refractivity contribution in [3.8, 4) is 0 Å². The Kier molecular flexibility index (Phi) is 10.3. The van der Waals surface area contributed by atoms with Gasteiger partial charge in [0.25, 0.3) is 0 Å². The average molecular weight is 612 g/mol. The number of carbonyl (C=O) groups excluding carboxylic acids is 3. The van der Waals surface area contributed by atoms with Crippen molar-refractivity contribution in [2.24, 2.45) is 0 Å². The number of rotatable bonds is 7. The van der Waals surface area contributed by atoms with Crippen molar-refractivity contribution >= 4 is 47.9 Å². The number of anilines is 3. The van der Waals surface area contributed by atoms with Gasteiger partial charge in [0.05, 0.1) is 35.7 Å². The molecule has 0 saturated carbocycles. The lowest BCUT2D eigenvalue weighted by Gasteiger charge is -2.32. The van der Waals surface area contributed by atoms with Crippen LogP contribution in [0.15, 0.2) is 42.5 Å². The summed E-state index contributed by atoms with van der Waals surface area (Å²) in [5.74, 6) is 0. The molecule has 1 aliphatic rings. The maximum absolute atomic E-state index is 13.5. The van der Waals surface area contributed by atoms with Crippen molar-refractivity contribution in [1.82, 2.24) is 0 Å². The topological polar surface area (TPSA) is 125 Å². The van der Waals surface area contributed by atoms with E-state index in [-0.39, 0.29) is 24.5 Å². The molecule has 1 fully saturated rings. The molecular formula is C32H46BN3O8. The van der Waals surface area contributed by atoms with Crippen molar-refractivity contribution in [2.45, 2.75) is 105 Å². The number of carbonyl (C=O) groups is 3. The molecule has 3 amide bonds. The molecule has 2 N–H and O–H groups in total. The van der Waals surface area contributed by atoms with E-state index in [0.717, 1.165) is 11.0 Å². The molecule has 0 radical (unpaired) electrons. The monoisotopic (exact) mass is 611 g/mol. The van der Waals surface area contributed by atoms with E-state index in [1.165, 1.54) is 4.90 Å². The van der Waals surface area contributed by atoms with E-state index >= 15 is 0 Å². The molecule has 44 heavy (non-hydrogen) atoms. The quantitative estimate of drug-likeness (QED) is 0.258. The van der Waals surface area contributed by atoms with Crippen LogP contribution in [-0.4, -0.2) is 54.4 Å². The molecule has 11 nitrogen and oxygen atoms in total. The molecule has 12 heteroatoms. The second-order valence-corrected chi connectivity index (χ2v) is 13.6. The Morgan fingerprint density at radius 2 is 1.34 bits per heavy atom. The lowest BCUT2D eigenvalue weighted by Crippen LogP contribution is -2.41. The summed E-state index contributed by atoms with van der Waals surface area (Å²) in [4.78, 5) is 39.9. The summed E-state index contributed by atoms with van der Waals surface area (Å²) < 4.78 is 28.5. The molecule has 3 rings (SSSR count). The average Bonchev–Trinajstić information content (AvgIpc) is 3.08. The SMILES string of the molecule is CCOC(=O)Nc1ccc(N(Cc2ccc(B3OC(C)(C)C(C)(C)O3)cc2)C(=O)OC(C)(C)C)cc1NC(=O)OC(C)(C)C. The minimum atomic E-state index is -0.765. The summed E-state index contributed by atoms with van der Waals surface area (Å²) in [7, 11) is -0.517. The van der Waals surface area contributed by atoms with Crippen LogP contribution < -0.4 is 21.0 Å². The molecule has 0 unspecified atom stereocenters. The molecule has 0 aromatic heterocycles. The Bertz CT molecular complexity index is 1330. The van der Waals surface area contributed by atoms with Gasteiger partial charge in [-0.05, 0) is 105 Å². The van der Waals surface area contributed by atoms with E-state index in [2.05, 4.69) is 10.6 Å². The lowest BCUT2D eigenvalue weighted by atomic mass is 9.79. The fraction of sp³-hybridized carbons (Fsp3) is 0.531. The highest BCUT2D eigenvalue weighted by atomic mass is 16.7. The molecule has 0 aliphatic carbocycles. The number of amides is 3. The van der Waals surface area contributed by atoms with Crippen LogP contribution in [0.25, 0.3) is 0 Å². The Balaban J connectivity index is 1.96. The smallest absolute Gasteiger partial charge is 0.450 e. The molecule has 1 aliphatic heterocycles. The zero-order valence-corrected chi connectivity index (χ0v) is 27.7. The number of nitrogens with one attached hydrogen (secondary N) is 2. The first-order chi connectivity index (χ1) is 20.2. The Morgan fingerprint density at radius 3 is 1.86 bits per heavy atom. The third-order valence-corrected chi connectivity index (χ3v) is 6.92. The van der Waals surface area contributed by atoms with Gasteiger partial charge in [0, 0.05) is 5.69 Å². The Labute approximate surface area is 261 Å². The zero-order chi connectivity index (χ0) is 33.1. The van der Waals surface area contributed by atoms with Gasteiger partial charge in [0.2, 0.25) is 0 Å². The summed E-state index contributed by atoms with van der Waals surface area (Å²) in [6.45, 7) is 20.6. The van der Waals surface area contributed by atoms with Crippen molar-refractivity contribution in [2.75, 3.05) is 22.1 Å². The van der Waals surface area contributed by atoms with Crippen molar-refractivity contribution in [3.63, 3.8) is 0 Å². The van der Waals surface area contributed by atoms with Gasteiger partial charge < -0.3 is 23.5 Å². The first kappa shape index (κ1) is 34.7. The minimum absolute atomic E-state index is 0.148. The van der Waals surface area contributed by atoms with Crippen LogP contribution in [0, 0.1) is 0 Å². The molecular weight excluding hydrogens is 565 g/mol. The van der Waals surface area contributed by atoms with Crippen LogP contribution >= 0.6 is 0 Å². The normalized spacial score (nSPS) is 15.8. The van der Waals surface area contributed by atoms with Gasteiger partial charge in [-0.3, -0.25) is 15.5 Å². The minimum Gasteiger partial charge on any atom is -0.450 e. The zero-order valence-electron chi connectivity index (χ0n) is 27.7. The van der Waals surface area contributed by atoms with E-state index in [1.807, 2.05) is 52.0 Å². The Hall–Kier alpha value is -3.77. The first-order valence-corrected chi connectivity index (χ1v) is 14.7. The van der Waals surface area contributed by atoms with Crippen molar-refractivity contribution < 1.29 is 37.9 Å². The summed E-state index contributed by atoms with van der Waals surface area (Å²) in [6, 6.07) is 12.4. The van der Waals surface area contributed by atoms with E-state index in [0.29, 0.717) is 5.69 Å². The number of benzene rings is 2. The van der Waals surface area contributed by atoms with Gasteiger partial charge in [-0.1, -0.05) is 24.3 Å². The molecule has 0 bridgehead atoms. The highest BCUT2D eigenvalue weighted by Gasteiger charge is 2.51. The van der Waals surface area contributed by atoms with Gasteiger partial charge in [0.1, 0.15) is 11.2 Å². The number of hydrogen-bond donors (Lipinski definition) is 2. The second-order valence-electron chi connectivity index (χ2n) is 13.6. The van der Waals surface area contributed by atoms with E-state index in [1.54, 1.807) is 66.7 Å². The fourth-order valence-corrected chi connectivity index (χ4v) is 4.12. The predicted molar refractivity (Wildman–Crippen MR) is 172 cm³/mol. The second kappa shape index (κ2) is 13.1.